The molecular formula is C10H14FNO3. The van der Waals surface area contributed by atoms with Crippen molar-refractivity contribution in [2.45, 2.75) is 6.42 Å². The summed E-state index contributed by atoms with van der Waals surface area (Å²) in [6, 6.07) is 2.84. The average Bonchev–Trinajstić information content (AvgIpc) is 2.27. The quantitative estimate of drug-likeness (QED) is 0.752. The monoisotopic (exact) mass is 215 g/mol. The molecule has 0 saturated heterocycles. The highest BCUT2D eigenvalue weighted by atomic mass is 19.1. The third-order valence-electron chi connectivity index (χ3n) is 2.06. The van der Waals surface area contributed by atoms with Gasteiger partial charge in [0.05, 0.1) is 20.8 Å². The van der Waals surface area contributed by atoms with E-state index in [-0.39, 0.29) is 12.4 Å². The lowest BCUT2D eigenvalue weighted by Gasteiger charge is -2.12. The zero-order valence-electron chi connectivity index (χ0n) is 8.75. The van der Waals surface area contributed by atoms with Gasteiger partial charge in [-0.2, -0.15) is 0 Å². The van der Waals surface area contributed by atoms with Crippen LogP contribution in [0.4, 0.5) is 4.39 Å². The fraction of sp³-hybridized carbons (Fsp3) is 0.400. The van der Waals surface area contributed by atoms with Gasteiger partial charge in [-0.1, -0.05) is 0 Å². The molecule has 15 heavy (non-hydrogen) atoms. The molecule has 0 amide bonds. The first-order valence-corrected chi connectivity index (χ1v) is 4.45. The summed E-state index contributed by atoms with van der Waals surface area (Å²) < 4.78 is 23.6. The summed E-state index contributed by atoms with van der Waals surface area (Å²) in [6.45, 7) is 0.223. The van der Waals surface area contributed by atoms with Crippen LogP contribution in [0.2, 0.25) is 0 Å². The molecule has 0 atom stereocenters. The van der Waals surface area contributed by atoms with Gasteiger partial charge < -0.3 is 14.3 Å². The topological polar surface area (TPSA) is 53.7 Å². The van der Waals surface area contributed by atoms with Crippen molar-refractivity contribution in [3.63, 3.8) is 0 Å². The van der Waals surface area contributed by atoms with Crippen LogP contribution in [0.3, 0.4) is 0 Å². The Morgan fingerprint density at radius 1 is 1.27 bits per heavy atom. The Labute approximate surface area is 87.7 Å². The molecule has 1 aromatic rings. The van der Waals surface area contributed by atoms with Crippen LogP contribution in [0, 0.1) is 5.82 Å². The highest BCUT2D eigenvalue weighted by molar-refractivity contribution is 5.47. The van der Waals surface area contributed by atoms with Crippen LogP contribution in [0.5, 0.6) is 11.5 Å². The zero-order chi connectivity index (χ0) is 11.3. The summed E-state index contributed by atoms with van der Waals surface area (Å²) in [5, 5.41) is 0. The molecule has 0 aliphatic heterocycles. The second-order valence-electron chi connectivity index (χ2n) is 2.88. The van der Waals surface area contributed by atoms with Crippen molar-refractivity contribution in [3.05, 3.63) is 23.5 Å². The van der Waals surface area contributed by atoms with E-state index in [9.17, 15) is 4.39 Å². The maximum absolute atomic E-state index is 13.4. The molecule has 5 heteroatoms. The fourth-order valence-corrected chi connectivity index (χ4v) is 1.36. The lowest BCUT2D eigenvalue weighted by atomic mass is 10.1. The van der Waals surface area contributed by atoms with Gasteiger partial charge in [-0.25, -0.2) is 10.3 Å². The molecule has 0 aliphatic carbocycles. The van der Waals surface area contributed by atoms with Crippen molar-refractivity contribution >= 4 is 0 Å². The first kappa shape index (κ1) is 11.7. The Bertz CT molecular complexity index is 331. The molecule has 2 N–H and O–H groups in total. The van der Waals surface area contributed by atoms with Gasteiger partial charge in [0.25, 0.3) is 0 Å². The SMILES string of the molecule is COc1ccc(F)c(CCON)c1OC. The molecule has 0 bridgehead atoms. The molecule has 1 rings (SSSR count). The van der Waals surface area contributed by atoms with Crippen LogP contribution in [0.1, 0.15) is 5.56 Å². The highest BCUT2D eigenvalue weighted by Gasteiger charge is 2.14. The predicted molar refractivity (Wildman–Crippen MR) is 53.3 cm³/mol. The molecule has 0 unspecified atom stereocenters. The first-order valence-electron chi connectivity index (χ1n) is 4.45. The number of nitrogens with two attached hydrogens (primary N) is 1. The van der Waals surface area contributed by atoms with Gasteiger partial charge in [-0.15, -0.1) is 0 Å². The van der Waals surface area contributed by atoms with Crippen molar-refractivity contribution in [1.29, 1.82) is 0 Å². The van der Waals surface area contributed by atoms with Crippen molar-refractivity contribution in [1.82, 2.24) is 0 Å². The van der Waals surface area contributed by atoms with Gasteiger partial charge >= 0.3 is 0 Å². The van der Waals surface area contributed by atoms with E-state index in [4.69, 9.17) is 15.4 Å². The number of halogens is 1. The van der Waals surface area contributed by atoms with Crippen LogP contribution in [0.25, 0.3) is 0 Å². The summed E-state index contributed by atoms with van der Waals surface area (Å²) in [6.07, 6.45) is 0.336. The summed E-state index contributed by atoms with van der Waals surface area (Å²) in [7, 11) is 2.96. The Kier molecular flexibility index (Phi) is 4.33. The summed E-state index contributed by atoms with van der Waals surface area (Å²) in [5.74, 6) is 5.41. The van der Waals surface area contributed by atoms with E-state index in [0.29, 0.717) is 23.5 Å². The smallest absolute Gasteiger partial charge is 0.166 e. The standard InChI is InChI=1S/C10H14FNO3/c1-13-9-4-3-8(11)7(5-6-15-12)10(9)14-2/h3-4H,5-6,12H2,1-2H3. The maximum Gasteiger partial charge on any atom is 0.166 e. The molecule has 0 radical (unpaired) electrons. The maximum atomic E-state index is 13.4. The lowest BCUT2D eigenvalue weighted by Crippen LogP contribution is -2.07. The predicted octanol–water partition coefficient (Wildman–Crippen LogP) is 1.28. The number of rotatable bonds is 5. The van der Waals surface area contributed by atoms with Crippen molar-refractivity contribution in [2.75, 3.05) is 20.8 Å². The summed E-state index contributed by atoms with van der Waals surface area (Å²) in [4.78, 5) is 4.41. The Balaban J connectivity index is 3.07. The van der Waals surface area contributed by atoms with Gasteiger partial charge in [-0.3, -0.25) is 0 Å². The summed E-state index contributed by atoms with van der Waals surface area (Å²) in [5.41, 5.74) is 0.405. The molecule has 0 aromatic heterocycles. The van der Waals surface area contributed by atoms with E-state index in [2.05, 4.69) is 4.84 Å². The largest absolute Gasteiger partial charge is 0.493 e. The Morgan fingerprint density at radius 2 is 2.00 bits per heavy atom. The molecule has 1 aromatic carbocycles. The molecule has 0 fully saturated rings. The minimum atomic E-state index is -0.357. The van der Waals surface area contributed by atoms with E-state index in [0.717, 1.165) is 0 Å². The van der Waals surface area contributed by atoms with Crippen molar-refractivity contribution in [2.24, 2.45) is 5.90 Å². The minimum Gasteiger partial charge on any atom is -0.493 e. The van der Waals surface area contributed by atoms with Crippen LogP contribution in [0.15, 0.2) is 12.1 Å². The third kappa shape index (κ3) is 2.57. The van der Waals surface area contributed by atoms with Gasteiger partial charge in [0.2, 0.25) is 0 Å². The van der Waals surface area contributed by atoms with Crippen molar-refractivity contribution < 1.29 is 18.7 Å². The third-order valence-corrected chi connectivity index (χ3v) is 2.06. The Morgan fingerprint density at radius 3 is 2.53 bits per heavy atom. The van der Waals surface area contributed by atoms with Crippen molar-refractivity contribution in [3.8, 4) is 11.5 Å². The molecule has 4 nitrogen and oxygen atoms in total. The number of hydrogen-bond acceptors (Lipinski definition) is 4. The van der Waals surface area contributed by atoms with Gasteiger partial charge in [0, 0.05) is 12.0 Å². The second kappa shape index (κ2) is 5.53. The minimum absolute atomic E-state index is 0.223. The number of ether oxygens (including phenoxy) is 2. The fourth-order valence-electron chi connectivity index (χ4n) is 1.36. The first-order chi connectivity index (χ1) is 7.24. The normalized spacial score (nSPS) is 10.1. The molecule has 0 saturated carbocycles. The van der Waals surface area contributed by atoms with Crippen LogP contribution in [-0.2, 0) is 11.3 Å². The van der Waals surface area contributed by atoms with Gasteiger partial charge in [0.1, 0.15) is 5.82 Å². The molecule has 84 valence electrons. The van der Waals surface area contributed by atoms with Gasteiger partial charge in [-0.05, 0) is 12.1 Å². The van der Waals surface area contributed by atoms with Gasteiger partial charge in [0.15, 0.2) is 11.5 Å². The number of methoxy groups -OCH3 is 2. The molecule has 0 heterocycles. The second-order valence-corrected chi connectivity index (χ2v) is 2.88. The Hall–Kier alpha value is -1.33. The van der Waals surface area contributed by atoms with Crippen LogP contribution < -0.4 is 15.4 Å². The van der Waals surface area contributed by atoms with E-state index < -0.39 is 0 Å². The molecule has 0 aliphatic rings. The molecule has 0 spiro atoms. The average molecular weight is 215 g/mol. The van der Waals surface area contributed by atoms with E-state index in [1.807, 2.05) is 0 Å². The van der Waals surface area contributed by atoms with Crippen LogP contribution >= 0.6 is 0 Å². The number of hydrogen-bond donors (Lipinski definition) is 1. The lowest BCUT2D eigenvalue weighted by molar-refractivity contribution is 0.140. The van der Waals surface area contributed by atoms with E-state index in [1.54, 1.807) is 0 Å². The van der Waals surface area contributed by atoms with E-state index >= 15 is 0 Å². The molecular weight excluding hydrogens is 201 g/mol. The number of benzene rings is 1. The van der Waals surface area contributed by atoms with Crippen LogP contribution in [-0.4, -0.2) is 20.8 Å². The van der Waals surface area contributed by atoms with E-state index in [1.165, 1.54) is 26.4 Å². The zero-order valence-corrected chi connectivity index (χ0v) is 8.75. The highest BCUT2D eigenvalue weighted by Crippen LogP contribution is 2.32. The summed E-state index contributed by atoms with van der Waals surface area (Å²) >= 11 is 0.